The molecule has 0 radical (unpaired) electrons. The van der Waals surface area contributed by atoms with E-state index in [0.717, 1.165) is 32.7 Å². The Morgan fingerprint density at radius 3 is 2.46 bits per heavy atom. The van der Waals surface area contributed by atoms with Gasteiger partial charge in [0.25, 0.3) is 0 Å². The molecule has 0 aromatic heterocycles. The highest BCUT2D eigenvalue weighted by Gasteiger charge is 2.17. The summed E-state index contributed by atoms with van der Waals surface area (Å²) < 4.78 is 0. The number of nitrogens with one attached hydrogen (secondary N) is 1. The summed E-state index contributed by atoms with van der Waals surface area (Å²) in [5.41, 5.74) is 4.34. The van der Waals surface area contributed by atoms with E-state index in [-0.39, 0.29) is 11.7 Å². The summed E-state index contributed by atoms with van der Waals surface area (Å²) in [6, 6.07) is 17.3. The van der Waals surface area contributed by atoms with Crippen LogP contribution in [0.4, 0.5) is 5.69 Å². The number of rotatable bonds is 6. The van der Waals surface area contributed by atoms with Crippen molar-refractivity contribution in [3.8, 4) is 5.75 Å². The van der Waals surface area contributed by atoms with Crippen LogP contribution in [-0.4, -0.2) is 54.9 Å². The van der Waals surface area contributed by atoms with Gasteiger partial charge in [-0.25, -0.2) is 5.43 Å². The fourth-order valence-electron chi connectivity index (χ4n) is 2.95. The second-order valence-electron chi connectivity index (χ2n) is 6.27. The first-order chi connectivity index (χ1) is 12.7. The lowest BCUT2D eigenvalue weighted by Gasteiger charge is -2.36. The van der Waals surface area contributed by atoms with Crippen molar-refractivity contribution in [2.75, 3.05) is 37.6 Å². The second-order valence-corrected chi connectivity index (χ2v) is 6.27. The number of carbonyl (C=O) groups excluding carboxylic acids is 1. The van der Waals surface area contributed by atoms with Gasteiger partial charge in [0.2, 0.25) is 5.91 Å². The lowest BCUT2D eigenvalue weighted by molar-refractivity contribution is -0.121. The SMILES string of the molecule is O=C(CCN1CCN(c2ccccc2)CC1)NN=Cc1ccccc1O. The zero-order valence-corrected chi connectivity index (χ0v) is 14.7. The normalized spacial score (nSPS) is 15.3. The number of nitrogens with zero attached hydrogens (tertiary/aromatic N) is 3. The summed E-state index contributed by atoms with van der Waals surface area (Å²) in [5.74, 6) is 0.0175. The highest BCUT2D eigenvalue weighted by molar-refractivity contribution is 5.85. The molecule has 0 spiro atoms. The number of benzene rings is 2. The van der Waals surface area contributed by atoms with Crippen LogP contribution >= 0.6 is 0 Å². The Bertz CT molecular complexity index is 740. The maximum atomic E-state index is 11.9. The Morgan fingerprint density at radius 2 is 1.73 bits per heavy atom. The summed E-state index contributed by atoms with van der Waals surface area (Å²) in [4.78, 5) is 16.6. The summed E-state index contributed by atoms with van der Waals surface area (Å²) in [5, 5.41) is 13.5. The quantitative estimate of drug-likeness (QED) is 0.617. The number of para-hydroxylation sites is 2. The molecule has 26 heavy (non-hydrogen) atoms. The molecule has 1 heterocycles. The van der Waals surface area contributed by atoms with Crippen LogP contribution < -0.4 is 10.3 Å². The van der Waals surface area contributed by atoms with Crippen molar-refractivity contribution in [2.24, 2.45) is 5.10 Å². The fraction of sp³-hybridized carbons (Fsp3) is 0.300. The molecule has 0 bridgehead atoms. The average molecular weight is 352 g/mol. The standard InChI is InChI=1S/C20H24N4O2/c25-19-9-5-4-6-17(19)16-21-22-20(26)10-11-23-12-14-24(15-13-23)18-7-2-1-3-8-18/h1-9,16,25H,10-15H2,(H,22,26). The number of carbonyl (C=O) groups is 1. The van der Waals surface area contributed by atoms with Gasteiger partial charge in [-0.3, -0.25) is 9.69 Å². The summed E-state index contributed by atoms with van der Waals surface area (Å²) in [6.07, 6.45) is 1.86. The molecular weight excluding hydrogens is 328 g/mol. The Kier molecular flexibility index (Phi) is 6.22. The van der Waals surface area contributed by atoms with Crippen molar-refractivity contribution >= 4 is 17.8 Å². The molecule has 0 atom stereocenters. The van der Waals surface area contributed by atoms with E-state index in [1.165, 1.54) is 11.9 Å². The third-order valence-corrected chi connectivity index (χ3v) is 4.48. The molecule has 2 N–H and O–H groups in total. The van der Waals surface area contributed by atoms with E-state index in [4.69, 9.17) is 0 Å². The van der Waals surface area contributed by atoms with Gasteiger partial charge in [-0.2, -0.15) is 5.10 Å². The Morgan fingerprint density at radius 1 is 1.04 bits per heavy atom. The lowest BCUT2D eigenvalue weighted by Crippen LogP contribution is -2.47. The number of anilines is 1. The Hall–Kier alpha value is -2.86. The largest absolute Gasteiger partial charge is 0.507 e. The molecule has 1 aliphatic heterocycles. The van der Waals surface area contributed by atoms with Crippen LogP contribution in [-0.2, 0) is 4.79 Å². The molecular formula is C20H24N4O2. The number of phenolic OH excluding ortho intramolecular Hbond substituents is 1. The van der Waals surface area contributed by atoms with Gasteiger partial charge in [0.1, 0.15) is 5.75 Å². The molecule has 3 rings (SSSR count). The zero-order chi connectivity index (χ0) is 18.2. The van der Waals surface area contributed by atoms with E-state index >= 15 is 0 Å². The van der Waals surface area contributed by atoms with Gasteiger partial charge in [0.15, 0.2) is 0 Å². The van der Waals surface area contributed by atoms with Crippen LogP contribution in [0.25, 0.3) is 0 Å². The van der Waals surface area contributed by atoms with Gasteiger partial charge >= 0.3 is 0 Å². The molecule has 0 aliphatic carbocycles. The molecule has 1 aliphatic rings. The van der Waals surface area contributed by atoms with E-state index in [1.54, 1.807) is 24.3 Å². The fourth-order valence-corrected chi connectivity index (χ4v) is 2.95. The monoisotopic (exact) mass is 352 g/mol. The summed E-state index contributed by atoms with van der Waals surface area (Å²) >= 11 is 0. The van der Waals surface area contributed by atoms with E-state index < -0.39 is 0 Å². The first-order valence-electron chi connectivity index (χ1n) is 8.84. The van der Waals surface area contributed by atoms with Crippen molar-refractivity contribution in [1.82, 2.24) is 10.3 Å². The van der Waals surface area contributed by atoms with Crippen LogP contribution in [0.5, 0.6) is 5.75 Å². The molecule has 6 nitrogen and oxygen atoms in total. The van der Waals surface area contributed by atoms with E-state index in [0.29, 0.717) is 12.0 Å². The van der Waals surface area contributed by atoms with Gasteiger partial charge in [-0.15, -0.1) is 0 Å². The molecule has 2 aromatic rings. The second kappa shape index (κ2) is 9.01. The van der Waals surface area contributed by atoms with Crippen molar-refractivity contribution < 1.29 is 9.90 Å². The molecule has 0 unspecified atom stereocenters. The highest BCUT2D eigenvalue weighted by Crippen LogP contribution is 2.15. The summed E-state index contributed by atoms with van der Waals surface area (Å²) in [7, 11) is 0. The summed E-state index contributed by atoms with van der Waals surface area (Å²) in [6.45, 7) is 4.56. The minimum atomic E-state index is -0.123. The highest BCUT2D eigenvalue weighted by atomic mass is 16.3. The molecule has 136 valence electrons. The molecule has 1 fully saturated rings. The molecule has 2 aromatic carbocycles. The van der Waals surface area contributed by atoms with Crippen LogP contribution in [0.1, 0.15) is 12.0 Å². The van der Waals surface area contributed by atoms with Crippen LogP contribution in [0.15, 0.2) is 59.7 Å². The predicted molar refractivity (Wildman–Crippen MR) is 104 cm³/mol. The van der Waals surface area contributed by atoms with Crippen molar-refractivity contribution in [3.05, 3.63) is 60.2 Å². The maximum Gasteiger partial charge on any atom is 0.241 e. The Balaban J connectivity index is 1.37. The number of hydrogen-bond donors (Lipinski definition) is 2. The van der Waals surface area contributed by atoms with E-state index in [2.05, 4.69) is 44.6 Å². The Labute approximate surface area is 153 Å². The third-order valence-electron chi connectivity index (χ3n) is 4.48. The number of phenols is 1. The number of aromatic hydroxyl groups is 1. The van der Waals surface area contributed by atoms with Gasteiger partial charge in [0.05, 0.1) is 6.21 Å². The van der Waals surface area contributed by atoms with Gasteiger partial charge in [0, 0.05) is 50.4 Å². The lowest BCUT2D eigenvalue weighted by atomic mass is 10.2. The number of amides is 1. The van der Waals surface area contributed by atoms with Gasteiger partial charge < -0.3 is 10.0 Å². The van der Waals surface area contributed by atoms with Crippen molar-refractivity contribution in [2.45, 2.75) is 6.42 Å². The third kappa shape index (κ3) is 5.07. The minimum absolute atomic E-state index is 0.123. The van der Waals surface area contributed by atoms with Crippen LogP contribution in [0.2, 0.25) is 0 Å². The predicted octanol–water partition coefficient (Wildman–Crippen LogP) is 2.05. The molecule has 1 amide bonds. The first-order valence-corrected chi connectivity index (χ1v) is 8.84. The first kappa shape index (κ1) is 17.9. The van der Waals surface area contributed by atoms with Crippen molar-refractivity contribution in [3.63, 3.8) is 0 Å². The molecule has 1 saturated heterocycles. The van der Waals surface area contributed by atoms with E-state index in [9.17, 15) is 9.90 Å². The van der Waals surface area contributed by atoms with Crippen LogP contribution in [0.3, 0.4) is 0 Å². The van der Waals surface area contributed by atoms with Gasteiger partial charge in [-0.1, -0.05) is 30.3 Å². The topological polar surface area (TPSA) is 68.2 Å². The van der Waals surface area contributed by atoms with Crippen LogP contribution in [0, 0.1) is 0 Å². The number of piperazine rings is 1. The minimum Gasteiger partial charge on any atom is -0.507 e. The zero-order valence-electron chi connectivity index (χ0n) is 14.7. The van der Waals surface area contributed by atoms with Crippen molar-refractivity contribution in [1.29, 1.82) is 0 Å². The molecule has 6 heteroatoms. The number of hydrazone groups is 1. The van der Waals surface area contributed by atoms with E-state index in [1.807, 2.05) is 6.07 Å². The maximum absolute atomic E-state index is 11.9. The molecule has 0 saturated carbocycles. The average Bonchev–Trinajstić information content (AvgIpc) is 2.69. The smallest absolute Gasteiger partial charge is 0.241 e. The van der Waals surface area contributed by atoms with Gasteiger partial charge in [-0.05, 0) is 24.3 Å². The number of hydrogen-bond acceptors (Lipinski definition) is 5.